The van der Waals surface area contributed by atoms with Crippen LogP contribution in [0.1, 0.15) is 31.5 Å². The van der Waals surface area contributed by atoms with E-state index in [1.54, 1.807) is 6.08 Å². The van der Waals surface area contributed by atoms with E-state index in [1.807, 2.05) is 33.1 Å². The highest BCUT2D eigenvalue weighted by atomic mass is 32.1. The van der Waals surface area contributed by atoms with Crippen LogP contribution in [-0.4, -0.2) is 30.0 Å². The minimum absolute atomic E-state index is 0.346. The Morgan fingerprint density at radius 2 is 2.10 bits per heavy atom. The van der Waals surface area contributed by atoms with Gasteiger partial charge in [-0.2, -0.15) is 0 Å². The van der Waals surface area contributed by atoms with E-state index < -0.39 is 17.4 Å². The molecule has 20 heavy (non-hydrogen) atoms. The predicted octanol–water partition coefficient (Wildman–Crippen LogP) is 2.17. The number of rotatable bonds is 4. The van der Waals surface area contributed by atoms with Crippen molar-refractivity contribution in [3.63, 3.8) is 0 Å². The van der Waals surface area contributed by atoms with Crippen LogP contribution in [0, 0.1) is 12.3 Å². The van der Waals surface area contributed by atoms with Crippen molar-refractivity contribution in [3.05, 3.63) is 22.2 Å². The van der Waals surface area contributed by atoms with E-state index in [1.165, 1.54) is 24.5 Å². The molecule has 0 bridgehead atoms. The lowest BCUT2D eigenvalue weighted by Gasteiger charge is -2.28. The highest BCUT2D eigenvalue weighted by Gasteiger charge is 2.33. The van der Waals surface area contributed by atoms with E-state index >= 15 is 0 Å². The zero-order valence-corrected chi connectivity index (χ0v) is 13.2. The second kappa shape index (κ2) is 6.65. The fourth-order valence-electron chi connectivity index (χ4n) is 1.55. The molecule has 1 aromatic heterocycles. The summed E-state index contributed by atoms with van der Waals surface area (Å²) in [6.45, 7) is 7.49. The Balaban J connectivity index is 2.72. The van der Waals surface area contributed by atoms with Gasteiger partial charge in [0, 0.05) is 11.5 Å². The fraction of sp³-hybridized carbons (Fsp3) is 0.500. The van der Waals surface area contributed by atoms with Crippen LogP contribution in [0.15, 0.2) is 11.5 Å². The lowest BCUT2D eigenvalue weighted by molar-refractivity contribution is -0.147. The quantitative estimate of drug-likeness (QED) is 0.683. The molecule has 1 N–H and O–H groups in total. The van der Waals surface area contributed by atoms with Crippen molar-refractivity contribution in [1.82, 2.24) is 10.3 Å². The van der Waals surface area contributed by atoms with Crippen molar-refractivity contribution >= 4 is 29.3 Å². The zero-order chi connectivity index (χ0) is 15.3. The van der Waals surface area contributed by atoms with E-state index in [0.717, 1.165) is 10.7 Å². The van der Waals surface area contributed by atoms with Gasteiger partial charge in [-0.1, -0.05) is 20.8 Å². The molecule has 1 rings (SSSR count). The molecule has 5 nitrogen and oxygen atoms in total. The number of hydrogen-bond donors (Lipinski definition) is 1. The van der Waals surface area contributed by atoms with Crippen molar-refractivity contribution in [3.8, 4) is 0 Å². The number of esters is 1. The second-order valence-corrected chi connectivity index (χ2v) is 6.52. The number of nitrogens with one attached hydrogen (secondary N) is 1. The Morgan fingerprint density at radius 3 is 2.55 bits per heavy atom. The van der Waals surface area contributed by atoms with Crippen molar-refractivity contribution in [2.75, 3.05) is 7.11 Å². The topological polar surface area (TPSA) is 68.3 Å². The Kier molecular flexibility index (Phi) is 5.44. The SMILES string of the molecule is COC(=O)[C@H](NC(=O)/C=C/c1csc(C)n1)C(C)(C)C. The van der Waals surface area contributed by atoms with Crippen molar-refractivity contribution in [1.29, 1.82) is 0 Å². The number of nitrogens with zero attached hydrogens (tertiary/aromatic N) is 1. The van der Waals surface area contributed by atoms with Gasteiger partial charge in [-0.25, -0.2) is 9.78 Å². The second-order valence-electron chi connectivity index (χ2n) is 5.46. The summed E-state index contributed by atoms with van der Waals surface area (Å²) < 4.78 is 4.72. The molecule has 0 radical (unpaired) electrons. The molecule has 0 aliphatic carbocycles. The summed E-state index contributed by atoms with van der Waals surface area (Å²) in [7, 11) is 1.31. The van der Waals surface area contributed by atoms with Crippen molar-refractivity contribution in [2.45, 2.75) is 33.7 Å². The van der Waals surface area contributed by atoms with Crippen LogP contribution in [0.5, 0.6) is 0 Å². The van der Waals surface area contributed by atoms with E-state index in [4.69, 9.17) is 4.74 Å². The number of hydrogen-bond acceptors (Lipinski definition) is 5. The number of methoxy groups -OCH3 is 1. The fourth-order valence-corrected chi connectivity index (χ4v) is 2.14. The average molecular weight is 296 g/mol. The molecule has 0 saturated carbocycles. The van der Waals surface area contributed by atoms with Crippen LogP contribution in [0.25, 0.3) is 6.08 Å². The summed E-state index contributed by atoms with van der Waals surface area (Å²) in [6.07, 6.45) is 2.99. The van der Waals surface area contributed by atoms with E-state index in [9.17, 15) is 9.59 Å². The normalized spacial score (nSPS) is 13.2. The molecule has 110 valence electrons. The van der Waals surface area contributed by atoms with Crippen LogP contribution in [0.4, 0.5) is 0 Å². The molecule has 0 fully saturated rings. The number of aromatic nitrogens is 1. The Bertz CT molecular complexity index is 515. The van der Waals surface area contributed by atoms with Gasteiger partial charge in [-0.3, -0.25) is 4.79 Å². The largest absolute Gasteiger partial charge is 0.467 e. The minimum Gasteiger partial charge on any atom is -0.467 e. The maximum Gasteiger partial charge on any atom is 0.328 e. The van der Waals surface area contributed by atoms with Crippen LogP contribution < -0.4 is 5.32 Å². The number of thiazole rings is 1. The van der Waals surface area contributed by atoms with Gasteiger partial charge < -0.3 is 10.1 Å². The lowest BCUT2D eigenvalue weighted by Crippen LogP contribution is -2.49. The molecule has 0 aliphatic heterocycles. The third kappa shape index (κ3) is 4.77. The summed E-state index contributed by atoms with van der Waals surface area (Å²) in [5.41, 5.74) is 0.307. The first-order valence-corrected chi connectivity index (χ1v) is 7.10. The van der Waals surface area contributed by atoms with Gasteiger partial charge >= 0.3 is 5.97 Å². The van der Waals surface area contributed by atoms with Crippen LogP contribution in [-0.2, 0) is 14.3 Å². The lowest BCUT2D eigenvalue weighted by atomic mass is 9.86. The van der Waals surface area contributed by atoms with Crippen molar-refractivity contribution in [2.24, 2.45) is 5.41 Å². The van der Waals surface area contributed by atoms with Gasteiger partial charge in [-0.15, -0.1) is 11.3 Å². The Labute approximate surface area is 123 Å². The zero-order valence-electron chi connectivity index (χ0n) is 12.4. The maximum absolute atomic E-state index is 11.9. The minimum atomic E-state index is -0.693. The summed E-state index contributed by atoms with van der Waals surface area (Å²) in [4.78, 5) is 27.8. The van der Waals surface area contributed by atoms with Gasteiger partial charge in [-0.05, 0) is 18.4 Å². The molecule has 0 aliphatic rings. The number of aryl methyl sites for hydroxylation is 1. The highest BCUT2D eigenvalue weighted by Crippen LogP contribution is 2.20. The number of amides is 1. The van der Waals surface area contributed by atoms with Crippen LogP contribution in [0.2, 0.25) is 0 Å². The Morgan fingerprint density at radius 1 is 1.45 bits per heavy atom. The third-order valence-corrected chi connectivity index (χ3v) is 3.42. The van der Waals surface area contributed by atoms with Gasteiger partial charge in [0.25, 0.3) is 0 Å². The number of ether oxygens (including phenoxy) is 1. The first-order valence-electron chi connectivity index (χ1n) is 6.22. The number of carbonyl (C=O) groups excluding carboxylic acids is 2. The smallest absolute Gasteiger partial charge is 0.328 e. The predicted molar refractivity (Wildman–Crippen MR) is 79.3 cm³/mol. The highest BCUT2D eigenvalue weighted by molar-refractivity contribution is 7.09. The number of carbonyl (C=O) groups is 2. The van der Waals surface area contributed by atoms with E-state index in [2.05, 4.69) is 10.3 Å². The molecule has 0 unspecified atom stereocenters. The van der Waals surface area contributed by atoms with Crippen molar-refractivity contribution < 1.29 is 14.3 Å². The molecular formula is C14H20N2O3S. The average Bonchev–Trinajstić information content (AvgIpc) is 2.77. The molecule has 0 aromatic carbocycles. The van der Waals surface area contributed by atoms with Gasteiger partial charge in [0.15, 0.2) is 0 Å². The standard InChI is InChI=1S/C14H20N2O3S/c1-9-15-10(8-20-9)6-7-11(17)16-12(13(18)19-5)14(2,3)4/h6-8,12H,1-5H3,(H,16,17)/b7-6+/t12-/m0/s1. The van der Waals surface area contributed by atoms with Crippen LogP contribution >= 0.6 is 11.3 Å². The molecule has 6 heteroatoms. The molecule has 1 atom stereocenters. The summed E-state index contributed by atoms with van der Waals surface area (Å²) in [5.74, 6) is -0.801. The van der Waals surface area contributed by atoms with Crippen LogP contribution in [0.3, 0.4) is 0 Å². The molecule has 1 amide bonds. The van der Waals surface area contributed by atoms with Gasteiger partial charge in [0.05, 0.1) is 17.8 Å². The first-order chi connectivity index (χ1) is 9.24. The molecule has 1 aromatic rings. The molecule has 0 saturated heterocycles. The molecule has 1 heterocycles. The third-order valence-electron chi connectivity index (χ3n) is 2.63. The summed E-state index contributed by atoms with van der Waals surface area (Å²) in [6, 6.07) is -0.693. The summed E-state index contributed by atoms with van der Waals surface area (Å²) >= 11 is 1.51. The Hall–Kier alpha value is -1.69. The monoisotopic (exact) mass is 296 g/mol. The molecule has 0 spiro atoms. The first kappa shape index (κ1) is 16.4. The van der Waals surface area contributed by atoms with E-state index in [0.29, 0.717) is 0 Å². The maximum atomic E-state index is 11.9. The van der Waals surface area contributed by atoms with Gasteiger partial charge in [0.1, 0.15) is 6.04 Å². The summed E-state index contributed by atoms with van der Waals surface area (Å²) in [5, 5.41) is 5.46. The molecular weight excluding hydrogens is 276 g/mol. The van der Waals surface area contributed by atoms with E-state index in [-0.39, 0.29) is 5.91 Å². The van der Waals surface area contributed by atoms with Gasteiger partial charge in [0.2, 0.25) is 5.91 Å².